The van der Waals surface area contributed by atoms with Gasteiger partial charge in [0, 0.05) is 11.5 Å². The van der Waals surface area contributed by atoms with Gasteiger partial charge in [-0.3, -0.25) is 0 Å². The standard InChI is InChI=1S/C6H13N3O/c1-6(2,10)4-3-5-8-9-7/h10H,3-5H2,1-2H3. The quantitative estimate of drug-likeness (QED) is 0.277. The van der Waals surface area contributed by atoms with Gasteiger partial charge in [0.2, 0.25) is 0 Å². The number of hydrogen-bond donors (Lipinski definition) is 1. The van der Waals surface area contributed by atoms with Crippen LogP contribution in [0.5, 0.6) is 0 Å². The molecule has 4 heteroatoms. The van der Waals surface area contributed by atoms with Crippen LogP contribution >= 0.6 is 0 Å². The fourth-order valence-corrected chi connectivity index (χ4v) is 0.627. The summed E-state index contributed by atoms with van der Waals surface area (Å²) < 4.78 is 0. The largest absolute Gasteiger partial charge is 0.390 e. The van der Waals surface area contributed by atoms with E-state index in [4.69, 9.17) is 5.53 Å². The minimum atomic E-state index is -0.634. The highest BCUT2D eigenvalue weighted by molar-refractivity contribution is 4.65. The predicted molar refractivity (Wildman–Crippen MR) is 39.5 cm³/mol. The van der Waals surface area contributed by atoms with Gasteiger partial charge < -0.3 is 5.11 Å². The van der Waals surface area contributed by atoms with Crippen LogP contribution in [0.2, 0.25) is 0 Å². The van der Waals surface area contributed by atoms with E-state index in [0.717, 1.165) is 6.42 Å². The Labute approximate surface area is 60.5 Å². The molecule has 0 aromatic heterocycles. The van der Waals surface area contributed by atoms with E-state index in [2.05, 4.69) is 10.0 Å². The molecule has 0 saturated carbocycles. The number of hydrogen-bond acceptors (Lipinski definition) is 2. The van der Waals surface area contributed by atoms with E-state index in [0.29, 0.717) is 13.0 Å². The first kappa shape index (κ1) is 9.27. The van der Waals surface area contributed by atoms with Gasteiger partial charge in [0.15, 0.2) is 0 Å². The zero-order chi connectivity index (χ0) is 8.04. The molecule has 0 aliphatic heterocycles. The van der Waals surface area contributed by atoms with Crippen LogP contribution in [-0.2, 0) is 0 Å². The van der Waals surface area contributed by atoms with E-state index in [9.17, 15) is 5.11 Å². The lowest BCUT2D eigenvalue weighted by Gasteiger charge is -2.15. The molecule has 1 N–H and O–H groups in total. The van der Waals surface area contributed by atoms with Crippen molar-refractivity contribution in [2.45, 2.75) is 32.3 Å². The van der Waals surface area contributed by atoms with Gasteiger partial charge in [0.05, 0.1) is 5.60 Å². The molecule has 0 radical (unpaired) electrons. The molecule has 0 aromatic rings. The Bertz CT molecular complexity index is 132. The highest BCUT2D eigenvalue weighted by Gasteiger charge is 2.10. The number of azide groups is 1. The minimum absolute atomic E-state index is 0.473. The SMILES string of the molecule is CC(C)(O)CCCN=[N+]=[N-]. The first-order chi connectivity index (χ1) is 4.56. The van der Waals surface area contributed by atoms with Crippen LogP contribution < -0.4 is 0 Å². The third-order valence-corrected chi connectivity index (χ3v) is 1.11. The van der Waals surface area contributed by atoms with E-state index in [1.54, 1.807) is 13.8 Å². The summed E-state index contributed by atoms with van der Waals surface area (Å²) in [4.78, 5) is 2.60. The molecule has 0 aliphatic rings. The molecule has 0 spiro atoms. The van der Waals surface area contributed by atoms with E-state index >= 15 is 0 Å². The Morgan fingerprint density at radius 2 is 2.20 bits per heavy atom. The van der Waals surface area contributed by atoms with E-state index < -0.39 is 5.60 Å². The van der Waals surface area contributed by atoms with Gasteiger partial charge in [0.25, 0.3) is 0 Å². The summed E-state index contributed by atoms with van der Waals surface area (Å²) in [5.74, 6) is 0. The zero-order valence-corrected chi connectivity index (χ0v) is 6.41. The predicted octanol–water partition coefficient (Wildman–Crippen LogP) is 1.85. The van der Waals surface area contributed by atoms with Crippen molar-refractivity contribution in [2.24, 2.45) is 5.11 Å². The van der Waals surface area contributed by atoms with Crippen molar-refractivity contribution in [3.63, 3.8) is 0 Å². The third kappa shape index (κ3) is 7.27. The molecular weight excluding hydrogens is 130 g/mol. The maximum atomic E-state index is 9.18. The minimum Gasteiger partial charge on any atom is -0.390 e. The topological polar surface area (TPSA) is 69.0 Å². The Hall–Kier alpha value is -0.730. The van der Waals surface area contributed by atoms with Crippen LogP contribution in [0.3, 0.4) is 0 Å². The molecule has 0 atom stereocenters. The second-order valence-electron chi connectivity index (χ2n) is 2.87. The van der Waals surface area contributed by atoms with Crippen LogP contribution in [0.4, 0.5) is 0 Å². The van der Waals surface area contributed by atoms with Crippen molar-refractivity contribution in [3.8, 4) is 0 Å². The zero-order valence-electron chi connectivity index (χ0n) is 6.41. The highest BCUT2D eigenvalue weighted by atomic mass is 16.3. The molecule has 10 heavy (non-hydrogen) atoms. The lowest BCUT2D eigenvalue weighted by Crippen LogP contribution is -2.18. The van der Waals surface area contributed by atoms with E-state index in [1.165, 1.54) is 0 Å². The lowest BCUT2D eigenvalue weighted by molar-refractivity contribution is 0.0695. The molecule has 0 saturated heterocycles. The molecule has 0 unspecified atom stereocenters. The van der Waals surface area contributed by atoms with Crippen molar-refractivity contribution >= 4 is 0 Å². The molecule has 58 valence electrons. The Morgan fingerprint density at radius 1 is 1.60 bits per heavy atom. The van der Waals surface area contributed by atoms with Crippen molar-refractivity contribution in [1.29, 1.82) is 0 Å². The first-order valence-electron chi connectivity index (χ1n) is 3.29. The highest BCUT2D eigenvalue weighted by Crippen LogP contribution is 2.09. The van der Waals surface area contributed by atoms with Crippen molar-refractivity contribution < 1.29 is 5.11 Å². The van der Waals surface area contributed by atoms with Crippen molar-refractivity contribution in [2.75, 3.05) is 6.54 Å². The normalized spacial score (nSPS) is 10.7. The molecule has 0 rings (SSSR count). The lowest BCUT2D eigenvalue weighted by atomic mass is 10.0. The average Bonchev–Trinajstić information content (AvgIpc) is 1.78. The summed E-state index contributed by atoms with van der Waals surface area (Å²) in [5.41, 5.74) is 7.26. The molecular formula is C6H13N3O. The van der Waals surface area contributed by atoms with Crippen LogP contribution in [-0.4, -0.2) is 17.3 Å². The molecule has 0 aromatic carbocycles. The molecule has 4 nitrogen and oxygen atoms in total. The van der Waals surface area contributed by atoms with Gasteiger partial charge in [-0.1, -0.05) is 5.11 Å². The van der Waals surface area contributed by atoms with Gasteiger partial charge in [-0.2, -0.15) is 0 Å². The Balaban J connectivity index is 3.28. The first-order valence-corrected chi connectivity index (χ1v) is 3.29. The molecule has 0 aliphatic carbocycles. The number of aliphatic hydroxyl groups is 1. The van der Waals surface area contributed by atoms with Gasteiger partial charge >= 0.3 is 0 Å². The maximum Gasteiger partial charge on any atom is 0.0591 e. The third-order valence-electron chi connectivity index (χ3n) is 1.11. The van der Waals surface area contributed by atoms with Crippen LogP contribution in [0.25, 0.3) is 10.4 Å². The van der Waals surface area contributed by atoms with Crippen molar-refractivity contribution in [1.82, 2.24) is 0 Å². The fraction of sp³-hybridized carbons (Fsp3) is 1.00. The number of rotatable bonds is 4. The Morgan fingerprint density at radius 3 is 2.60 bits per heavy atom. The van der Waals surface area contributed by atoms with Gasteiger partial charge in [-0.15, -0.1) is 0 Å². The van der Waals surface area contributed by atoms with E-state index in [-0.39, 0.29) is 0 Å². The van der Waals surface area contributed by atoms with E-state index in [1.807, 2.05) is 0 Å². The second-order valence-corrected chi connectivity index (χ2v) is 2.87. The smallest absolute Gasteiger partial charge is 0.0591 e. The van der Waals surface area contributed by atoms with Crippen LogP contribution in [0.1, 0.15) is 26.7 Å². The molecule has 0 amide bonds. The summed E-state index contributed by atoms with van der Waals surface area (Å²) in [6.45, 7) is 3.95. The van der Waals surface area contributed by atoms with Crippen molar-refractivity contribution in [3.05, 3.63) is 10.4 Å². The summed E-state index contributed by atoms with van der Waals surface area (Å²) in [5, 5.41) is 12.5. The number of nitrogens with zero attached hydrogens (tertiary/aromatic N) is 3. The average molecular weight is 143 g/mol. The fourth-order valence-electron chi connectivity index (χ4n) is 0.627. The van der Waals surface area contributed by atoms with Gasteiger partial charge in [-0.05, 0) is 32.2 Å². The summed E-state index contributed by atoms with van der Waals surface area (Å²) in [6.07, 6.45) is 1.42. The monoisotopic (exact) mass is 143 g/mol. The maximum absolute atomic E-state index is 9.18. The second kappa shape index (κ2) is 4.14. The summed E-state index contributed by atoms with van der Waals surface area (Å²) in [7, 11) is 0. The summed E-state index contributed by atoms with van der Waals surface area (Å²) >= 11 is 0. The molecule has 0 heterocycles. The van der Waals surface area contributed by atoms with Crippen LogP contribution in [0.15, 0.2) is 5.11 Å². The Kier molecular flexibility index (Phi) is 3.84. The van der Waals surface area contributed by atoms with Crippen LogP contribution in [0, 0.1) is 0 Å². The van der Waals surface area contributed by atoms with Gasteiger partial charge in [-0.25, -0.2) is 0 Å². The van der Waals surface area contributed by atoms with Gasteiger partial charge in [0.1, 0.15) is 0 Å². The molecule has 0 fully saturated rings. The summed E-state index contributed by atoms with van der Waals surface area (Å²) in [6, 6.07) is 0. The molecule has 0 bridgehead atoms.